The molecule has 1 aliphatic rings. The van der Waals surface area contributed by atoms with Gasteiger partial charge in [0.15, 0.2) is 0 Å². The lowest BCUT2D eigenvalue weighted by Crippen LogP contribution is -1.97. The summed E-state index contributed by atoms with van der Waals surface area (Å²) in [5.74, 6) is 0.358. The molecular weight excluding hydrogens is 244 g/mol. The van der Waals surface area contributed by atoms with Crippen molar-refractivity contribution in [1.29, 1.82) is 0 Å². The summed E-state index contributed by atoms with van der Waals surface area (Å²) in [6.07, 6.45) is 3.56. The molecule has 0 amide bonds. The molecule has 0 saturated heterocycles. The van der Waals surface area contributed by atoms with E-state index in [1.165, 1.54) is 22.3 Å². The normalized spacial score (nSPS) is 15.8. The molecule has 0 N–H and O–H groups in total. The highest BCUT2D eigenvalue weighted by molar-refractivity contribution is 5.86. The van der Waals surface area contributed by atoms with Gasteiger partial charge in [-0.15, -0.1) is 0 Å². The second-order valence-corrected chi connectivity index (χ2v) is 5.18. The minimum Gasteiger partial charge on any atom is -0.244 e. The molecule has 1 aliphatic carbocycles. The van der Waals surface area contributed by atoms with Gasteiger partial charge in [-0.1, -0.05) is 55.5 Å². The van der Waals surface area contributed by atoms with Crippen LogP contribution in [-0.4, -0.2) is 9.97 Å². The van der Waals surface area contributed by atoms with Gasteiger partial charge in [-0.25, -0.2) is 9.97 Å². The van der Waals surface area contributed by atoms with Crippen LogP contribution in [0.1, 0.15) is 24.0 Å². The van der Waals surface area contributed by atoms with Gasteiger partial charge in [0.05, 0.1) is 5.69 Å². The van der Waals surface area contributed by atoms with Crippen LogP contribution in [0.2, 0.25) is 0 Å². The maximum Gasteiger partial charge on any atom is 0.116 e. The smallest absolute Gasteiger partial charge is 0.116 e. The van der Waals surface area contributed by atoms with Gasteiger partial charge >= 0.3 is 0 Å². The number of rotatable bonds is 0. The number of hydrogen-bond acceptors (Lipinski definition) is 2. The zero-order chi connectivity index (χ0) is 13.5. The minimum absolute atomic E-state index is 0.358. The van der Waals surface area contributed by atoms with E-state index >= 15 is 0 Å². The molecule has 1 unspecified atom stereocenters. The van der Waals surface area contributed by atoms with Crippen LogP contribution in [0, 0.1) is 0 Å². The first kappa shape index (κ1) is 11.4. The van der Waals surface area contributed by atoms with Gasteiger partial charge in [0.25, 0.3) is 0 Å². The Hall–Kier alpha value is -2.48. The lowest BCUT2D eigenvalue weighted by molar-refractivity contribution is 0.931. The van der Waals surface area contributed by atoms with Crippen LogP contribution in [0.5, 0.6) is 0 Å². The summed E-state index contributed by atoms with van der Waals surface area (Å²) in [6.45, 7) is 2.26. The third-order valence-electron chi connectivity index (χ3n) is 4.11. The highest BCUT2D eigenvalue weighted by Gasteiger charge is 2.24. The first-order valence-electron chi connectivity index (χ1n) is 6.85. The van der Waals surface area contributed by atoms with Crippen LogP contribution in [0.15, 0.2) is 61.1 Å². The SMILES string of the molecule is CC1c2ccccc2-c2cncnc2-c2ccccc21. The maximum absolute atomic E-state index is 4.54. The molecule has 0 aliphatic heterocycles. The Morgan fingerprint density at radius 1 is 0.800 bits per heavy atom. The van der Waals surface area contributed by atoms with Crippen molar-refractivity contribution in [3.63, 3.8) is 0 Å². The predicted octanol–water partition coefficient (Wildman–Crippen LogP) is 4.28. The average Bonchev–Trinajstić information content (AvgIpc) is 2.64. The van der Waals surface area contributed by atoms with Crippen molar-refractivity contribution in [2.75, 3.05) is 0 Å². The average molecular weight is 258 g/mol. The second-order valence-electron chi connectivity index (χ2n) is 5.18. The molecule has 0 fully saturated rings. The quantitative estimate of drug-likeness (QED) is 0.601. The topological polar surface area (TPSA) is 25.8 Å². The molecule has 2 heteroatoms. The summed E-state index contributed by atoms with van der Waals surface area (Å²) < 4.78 is 0. The van der Waals surface area contributed by atoms with E-state index in [1.807, 2.05) is 6.20 Å². The molecule has 0 radical (unpaired) electrons. The van der Waals surface area contributed by atoms with E-state index in [-0.39, 0.29) is 0 Å². The standard InChI is InChI=1S/C18H14N2/c1-12-13-6-2-4-8-15(13)17-10-19-11-20-18(17)16-9-5-3-7-14(12)16/h2-12H,1H3. The van der Waals surface area contributed by atoms with E-state index in [2.05, 4.69) is 65.4 Å². The van der Waals surface area contributed by atoms with Crippen LogP contribution in [-0.2, 0) is 0 Å². The molecule has 96 valence electrons. The zero-order valence-electron chi connectivity index (χ0n) is 11.2. The Bertz CT molecular complexity index is 726. The number of hydrogen-bond donors (Lipinski definition) is 0. The summed E-state index contributed by atoms with van der Waals surface area (Å²) >= 11 is 0. The molecule has 3 aromatic rings. The fourth-order valence-electron chi connectivity index (χ4n) is 3.12. The monoisotopic (exact) mass is 258 g/mol. The molecule has 1 atom stereocenters. The molecule has 2 nitrogen and oxygen atoms in total. The van der Waals surface area contributed by atoms with Gasteiger partial charge in [-0.05, 0) is 16.7 Å². The largest absolute Gasteiger partial charge is 0.244 e. The van der Waals surface area contributed by atoms with Crippen molar-refractivity contribution < 1.29 is 0 Å². The van der Waals surface area contributed by atoms with Crippen molar-refractivity contribution in [2.45, 2.75) is 12.8 Å². The van der Waals surface area contributed by atoms with Crippen LogP contribution in [0.3, 0.4) is 0 Å². The fourth-order valence-corrected chi connectivity index (χ4v) is 3.12. The second kappa shape index (κ2) is 4.27. The molecule has 4 rings (SSSR count). The van der Waals surface area contributed by atoms with Crippen LogP contribution < -0.4 is 0 Å². The van der Waals surface area contributed by atoms with E-state index in [0.29, 0.717) is 5.92 Å². The first-order chi connectivity index (χ1) is 9.86. The minimum atomic E-state index is 0.358. The van der Waals surface area contributed by atoms with Crippen molar-refractivity contribution in [3.05, 3.63) is 72.2 Å². The zero-order valence-corrected chi connectivity index (χ0v) is 11.2. The van der Waals surface area contributed by atoms with Crippen molar-refractivity contribution >= 4 is 0 Å². The summed E-state index contributed by atoms with van der Waals surface area (Å²) in [5, 5.41) is 0. The van der Waals surface area contributed by atoms with E-state index in [1.54, 1.807) is 6.33 Å². The van der Waals surface area contributed by atoms with Crippen LogP contribution in [0.25, 0.3) is 22.4 Å². The third kappa shape index (κ3) is 1.51. The van der Waals surface area contributed by atoms with Gasteiger partial charge in [-0.2, -0.15) is 0 Å². The van der Waals surface area contributed by atoms with Gasteiger partial charge in [0.1, 0.15) is 6.33 Å². The molecule has 1 aromatic heterocycles. The van der Waals surface area contributed by atoms with Gasteiger partial charge in [-0.3, -0.25) is 0 Å². The van der Waals surface area contributed by atoms with Crippen molar-refractivity contribution in [3.8, 4) is 22.4 Å². The summed E-state index contributed by atoms with van der Waals surface area (Å²) in [6, 6.07) is 17.1. The summed E-state index contributed by atoms with van der Waals surface area (Å²) in [7, 11) is 0. The molecule has 0 bridgehead atoms. The predicted molar refractivity (Wildman–Crippen MR) is 80.4 cm³/mol. The lowest BCUT2D eigenvalue weighted by atomic mass is 9.89. The Labute approximate surface area is 118 Å². The van der Waals surface area contributed by atoms with Crippen molar-refractivity contribution in [2.24, 2.45) is 0 Å². The number of benzene rings is 2. The van der Waals surface area contributed by atoms with Gasteiger partial charge < -0.3 is 0 Å². The summed E-state index contributed by atoms with van der Waals surface area (Å²) in [4.78, 5) is 8.77. The Balaban J connectivity index is 2.17. The highest BCUT2D eigenvalue weighted by atomic mass is 14.8. The number of aromatic nitrogens is 2. The van der Waals surface area contributed by atoms with E-state index < -0.39 is 0 Å². The molecule has 20 heavy (non-hydrogen) atoms. The van der Waals surface area contributed by atoms with E-state index in [0.717, 1.165) is 11.3 Å². The molecule has 2 aromatic carbocycles. The van der Waals surface area contributed by atoms with Gasteiger partial charge in [0, 0.05) is 23.2 Å². The molecule has 1 heterocycles. The maximum atomic E-state index is 4.54. The molecular formula is C18H14N2. The Morgan fingerprint density at radius 3 is 2.25 bits per heavy atom. The van der Waals surface area contributed by atoms with E-state index in [4.69, 9.17) is 0 Å². The molecule has 0 spiro atoms. The lowest BCUT2D eigenvalue weighted by Gasteiger charge is -2.14. The fraction of sp³-hybridized carbons (Fsp3) is 0.111. The van der Waals surface area contributed by atoms with Gasteiger partial charge in [0.2, 0.25) is 0 Å². The first-order valence-corrected chi connectivity index (χ1v) is 6.85. The van der Waals surface area contributed by atoms with E-state index in [9.17, 15) is 0 Å². The molecule has 0 saturated carbocycles. The Kier molecular flexibility index (Phi) is 2.43. The number of nitrogens with zero attached hydrogens (tertiary/aromatic N) is 2. The third-order valence-corrected chi connectivity index (χ3v) is 4.11. The van der Waals surface area contributed by atoms with Crippen LogP contribution in [0.4, 0.5) is 0 Å². The highest BCUT2D eigenvalue weighted by Crippen LogP contribution is 2.43. The number of fused-ring (bicyclic) bond motifs is 5. The summed E-state index contributed by atoms with van der Waals surface area (Å²) in [5.41, 5.74) is 7.29. The van der Waals surface area contributed by atoms with Crippen molar-refractivity contribution in [1.82, 2.24) is 9.97 Å². The Morgan fingerprint density at radius 2 is 1.45 bits per heavy atom. The van der Waals surface area contributed by atoms with Crippen LogP contribution >= 0.6 is 0 Å².